The van der Waals surface area contributed by atoms with Gasteiger partial charge in [0.1, 0.15) is 0 Å². The molecule has 2 heterocycles. The van der Waals surface area contributed by atoms with Gasteiger partial charge in [-0.05, 0) is 30.2 Å². The van der Waals surface area contributed by atoms with E-state index in [0.29, 0.717) is 31.2 Å². The number of hydrogen-bond donors (Lipinski definition) is 1. The second-order valence-electron chi connectivity index (χ2n) is 7.32. The lowest BCUT2D eigenvalue weighted by Crippen LogP contribution is -2.39. The number of benzene rings is 2. The fourth-order valence-electron chi connectivity index (χ4n) is 3.96. The smallest absolute Gasteiger partial charge is 0.237 e. The Balaban J connectivity index is 1.34. The van der Waals surface area contributed by atoms with Gasteiger partial charge in [-0.15, -0.1) is 11.8 Å². The maximum Gasteiger partial charge on any atom is 0.237 e. The third-order valence-corrected chi connectivity index (χ3v) is 6.56. The molecule has 0 radical (unpaired) electrons. The molecule has 1 unspecified atom stereocenters. The van der Waals surface area contributed by atoms with Crippen molar-refractivity contribution in [3.8, 4) is 0 Å². The van der Waals surface area contributed by atoms with E-state index in [9.17, 15) is 9.59 Å². The van der Waals surface area contributed by atoms with Crippen LogP contribution in [0.4, 0.5) is 11.4 Å². The van der Waals surface area contributed by atoms with Gasteiger partial charge in [0.15, 0.2) is 0 Å². The van der Waals surface area contributed by atoms with E-state index in [4.69, 9.17) is 0 Å². The van der Waals surface area contributed by atoms with Crippen molar-refractivity contribution in [2.24, 2.45) is 0 Å². The second-order valence-corrected chi connectivity index (χ2v) is 8.34. The summed E-state index contributed by atoms with van der Waals surface area (Å²) in [5.41, 5.74) is 3.47. The minimum Gasteiger partial charge on any atom is -0.374 e. The Morgan fingerprint density at radius 2 is 1.89 bits per heavy atom. The summed E-state index contributed by atoms with van der Waals surface area (Å²) in [4.78, 5) is 29.9. The lowest BCUT2D eigenvalue weighted by Gasteiger charge is -2.33. The molecular weight excluding hydrogens is 370 g/mol. The molecule has 0 spiro atoms. The molecule has 2 aromatic rings. The number of rotatable bonds is 5. The first-order valence-corrected chi connectivity index (χ1v) is 10.7. The van der Waals surface area contributed by atoms with Crippen molar-refractivity contribution in [2.45, 2.75) is 23.7 Å². The van der Waals surface area contributed by atoms with Gasteiger partial charge in [0.25, 0.3) is 0 Å². The van der Waals surface area contributed by atoms with Crippen molar-refractivity contribution in [3.63, 3.8) is 0 Å². The van der Waals surface area contributed by atoms with Crippen molar-refractivity contribution >= 4 is 35.0 Å². The molecule has 0 saturated carbocycles. The predicted octanol–water partition coefficient (Wildman–Crippen LogP) is 3.26. The van der Waals surface area contributed by atoms with Crippen LogP contribution in [0.2, 0.25) is 0 Å². The monoisotopic (exact) mass is 395 g/mol. The zero-order valence-electron chi connectivity index (χ0n) is 16.1. The zero-order chi connectivity index (χ0) is 19.5. The number of fused-ring (bicyclic) bond motifs is 2. The molecule has 0 aromatic heterocycles. The third kappa shape index (κ3) is 3.87. The topological polar surface area (TPSA) is 52.7 Å². The molecule has 146 valence electrons. The van der Waals surface area contributed by atoms with Crippen molar-refractivity contribution in [1.82, 2.24) is 5.32 Å². The summed E-state index contributed by atoms with van der Waals surface area (Å²) in [6.07, 6.45) is 1.35. The summed E-state index contributed by atoms with van der Waals surface area (Å²) in [6, 6.07) is 16.3. The summed E-state index contributed by atoms with van der Waals surface area (Å²) < 4.78 is 0. The lowest BCUT2D eigenvalue weighted by atomic mass is 9.90. The summed E-state index contributed by atoms with van der Waals surface area (Å²) in [6.45, 7) is 2.06. The fraction of sp³-hybridized carbons (Fsp3) is 0.364. The summed E-state index contributed by atoms with van der Waals surface area (Å²) in [5, 5.41) is 3.09. The van der Waals surface area contributed by atoms with Gasteiger partial charge >= 0.3 is 0 Å². The molecular formula is C22H25N3O2S. The van der Waals surface area contributed by atoms with E-state index in [0.717, 1.165) is 23.5 Å². The molecule has 6 heteroatoms. The van der Waals surface area contributed by atoms with E-state index >= 15 is 0 Å². The zero-order valence-corrected chi connectivity index (χ0v) is 16.9. The minimum absolute atomic E-state index is 0.0000770. The number of thioether (sulfide) groups is 1. The first-order chi connectivity index (χ1) is 13.6. The highest BCUT2D eigenvalue weighted by atomic mass is 32.2. The first-order valence-electron chi connectivity index (χ1n) is 9.72. The standard InChI is InChI=1S/C22H25N3O2S/c1-24-12-10-16(17-6-2-3-7-18(17)24)14-23-21(26)11-13-25-19-8-4-5-9-20(19)28-15-22(25)27/h2-9,16H,10-15H2,1H3,(H,23,26). The Labute approximate surface area is 170 Å². The molecule has 1 atom stereocenters. The van der Waals surface area contributed by atoms with Crippen LogP contribution in [-0.2, 0) is 9.59 Å². The second kappa shape index (κ2) is 8.27. The van der Waals surface area contributed by atoms with Gasteiger partial charge < -0.3 is 15.1 Å². The molecule has 0 bridgehead atoms. The maximum atomic E-state index is 12.5. The SMILES string of the molecule is CN1CCC(CNC(=O)CCN2C(=O)CSc3ccccc32)c2ccccc21. The molecule has 0 aliphatic carbocycles. The molecule has 1 N–H and O–H groups in total. The van der Waals surface area contributed by atoms with Crippen LogP contribution in [0.1, 0.15) is 24.3 Å². The molecule has 4 rings (SSSR count). The van der Waals surface area contributed by atoms with Crippen LogP contribution in [0.25, 0.3) is 0 Å². The molecule has 2 aliphatic rings. The Morgan fingerprint density at radius 3 is 2.75 bits per heavy atom. The van der Waals surface area contributed by atoms with Crippen LogP contribution in [0, 0.1) is 0 Å². The van der Waals surface area contributed by atoms with Gasteiger partial charge in [-0.3, -0.25) is 9.59 Å². The molecule has 28 heavy (non-hydrogen) atoms. The average molecular weight is 396 g/mol. The highest BCUT2D eigenvalue weighted by molar-refractivity contribution is 8.00. The highest BCUT2D eigenvalue weighted by Gasteiger charge is 2.26. The summed E-state index contributed by atoms with van der Waals surface area (Å²) in [7, 11) is 2.11. The van der Waals surface area contributed by atoms with Crippen molar-refractivity contribution in [2.75, 3.05) is 42.2 Å². The van der Waals surface area contributed by atoms with Gasteiger partial charge in [0, 0.05) is 49.6 Å². The van der Waals surface area contributed by atoms with Gasteiger partial charge in [-0.1, -0.05) is 30.3 Å². The van der Waals surface area contributed by atoms with Crippen molar-refractivity contribution < 1.29 is 9.59 Å². The van der Waals surface area contributed by atoms with E-state index in [1.165, 1.54) is 11.3 Å². The normalized spacial score (nSPS) is 18.5. The van der Waals surface area contributed by atoms with Crippen LogP contribution >= 0.6 is 11.8 Å². The Morgan fingerprint density at radius 1 is 1.14 bits per heavy atom. The minimum atomic E-state index is -0.0000770. The summed E-state index contributed by atoms with van der Waals surface area (Å²) >= 11 is 1.56. The number of hydrogen-bond acceptors (Lipinski definition) is 4. The van der Waals surface area contributed by atoms with Gasteiger partial charge in [0.2, 0.25) is 11.8 Å². The number of nitrogens with zero attached hydrogens (tertiary/aromatic N) is 2. The van der Waals surface area contributed by atoms with Crippen LogP contribution < -0.4 is 15.1 Å². The molecule has 2 aromatic carbocycles. The Bertz CT molecular complexity index is 886. The van der Waals surface area contributed by atoms with E-state index in [2.05, 4.69) is 41.5 Å². The van der Waals surface area contributed by atoms with Gasteiger partial charge in [-0.2, -0.15) is 0 Å². The van der Waals surface area contributed by atoms with Crippen molar-refractivity contribution in [3.05, 3.63) is 54.1 Å². The fourth-order valence-corrected chi connectivity index (χ4v) is 4.89. The van der Waals surface area contributed by atoms with Gasteiger partial charge in [-0.25, -0.2) is 0 Å². The Kier molecular flexibility index (Phi) is 5.57. The number of carbonyl (C=O) groups excluding carboxylic acids is 2. The van der Waals surface area contributed by atoms with E-state index in [1.54, 1.807) is 16.7 Å². The largest absolute Gasteiger partial charge is 0.374 e. The predicted molar refractivity (Wildman–Crippen MR) is 114 cm³/mol. The quantitative estimate of drug-likeness (QED) is 0.844. The summed E-state index contributed by atoms with van der Waals surface area (Å²) in [5.74, 6) is 0.844. The number of amides is 2. The van der Waals surface area contributed by atoms with E-state index in [1.807, 2.05) is 24.3 Å². The van der Waals surface area contributed by atoms with Crippen LogP contribution in [-0.4, -0.2) is 44.2 Å². The maximum absolute atomic E-state index is 12.5. The number of anilines is 2. The highest BCUT2D eigenvalue weighted by Crippen LogP contribution is 2.35. The van der Waals surface area contributed by atoms with Crippen LogP contribution in [0.3, 0.4) is 0 Å². The lowest BCUT2D eigenvalue weighted by molar-refractivity contribution is -0.121. The van der Waals surface area contributed by atoms with E-state index < -0.39 is 0 Å². The van der Waals surface area contributed by atoms with Gasteiger partial charge in [0.05, 0.1) is 11.4 Å². The average Bonchev–Trinajstić information content (AvgIpc) is 2.73. The third-order valence-electron chi connectivity index (χ3n) is 5.52. The molecule has 0 saturated heterocycles. The molecule has 2 aliphatic heterocycles. The van der Waals surface area contributed by atoms with Crippen molar-refractivity contribution in [1.29, 1.82) is 0 Å². The number of nitrogens with one attached hydrogen (secondary N) is 1. The van der Waals surface area contributed by atoms with Crippen LogP contribution in [0.15, 0.2) is 53.4 Å². The molecule has 5 nitrogen and oxygen atoms in total. The number of para-hydroxylation sites is 2. The first kappa shape index (κ1) is 18.9. The van der Waals surface area contributed by atoms with Crippen LogP contribution in [0.5, 0.6) is 0 Å². The number of carbonyl (C=O) groups is 2. The molecule has 2 amide bonds. The van der Waals surface area contributed by atoms with E-state index in [-0.39, 0.29) is 11.8 Å². The Hall–Kier alpha value is -2.47. The molecule has 0 fully saturated rings.